The van der Waals surface area contributed by atoms with Gasteiger partial charge in [0.15, 0.2) is 11.6 Å². The number of anilines is 1. The SMILES string of the molecule is Cc1cnc(N)nc1Oc1cccc(C)c1F. The van der Waals surface area contributed by atoms with Gasteiger partial charge in [0.05, 0.1) is 0 Å². The van der Waals surface area contributed by atoms with Crippen LogP contribution in [0.4, 0.5) is 10.3 Å². The zero-order valence-corrected chi connectivity index (χ0v) is 9.57. The van der Waals surface area contributed by atoms with Crippen molar-refractivity contribution in [3.63, 3.8) is 0 Å². The molecule has 0 saturated heterocycles. The molecule has 17 heavy (non-hydrogen) atoms. The number of aromatic nitrogens is 2. The first-order chi connectivity index (χ1) is 8.08. The second kappa shape index (κ2) is 4.37. The van der Waals surface area contributed by atoms with Gasteiger partial charge in [-0.15, -0.1) is 0 Å². The van der Waals surface area contributed by atoms with Gasteiger partial charge in [-0.2, -0.15) is 4.98 Å². The van der Waals surface area contributed by atoms with Gasteiger partial charge in [0, 0.05) is 11.8 Å². The zero-order valence-electron chi connectivity index (χ0n) is 9.57. The van der Waals surface area contributed by atoms with Crippen LogP contribution in [-0.4, -0.2) is 9.97 Å². The second-order valence-electron chi connectivity index (χ2n) is 3.71. The van der Waals surface area contributed by atoms with Crippen LogP contribution in [0.15, 0.2) is 24.4 Å². The van der Waals surface area contributed by atoms with Crippen molar-refractivity contribution >= 4 is 5.95 Å². The number of benzene rings is 1. The number of halogens is 1. The molecule has 0 unspecified atom stereocenters. The monoisotopic (exact) mass is 233 g/mol. The predicted molar refractivity (Wildman–Crippen MR) is 62.4 cm³/mol. The normalized spacial score (nSPS) is 10.3. The van der Waals surface area contributed by atoms with Crippen LogP contribution < -0.4 is 10.5 Å². The van der Waals surface area contributed by atoms with Gasteiger partial charge < -0.3 is 10.5 Å². The number of hydrogen-bond acceptors (Lipinski definition) is 4. The third kappa shape index (κ3) is 2.33. The smallest absolute Gasteiger partial charge is 0.227 e. The maximum atomic E-state index is 13.7. The summed E-state index contributed by atoms with van der Waals surface area (Å²) in [6, 6.07) is 4.93. The Morgan fingerprint density at radius 1 is 1.24 bits per heavy atom. The Bertz CT molecular complexity index is 557. The summed E-state index contributed by atoms with van der Waals surface area (Å²) < 4.78 is 19.1. The van der Waals surface area contributed by atoms with E-state index < -0.39 is 5.82 Å². The first-order valence-corrected chi connectivity index (χ1v) is 5.10. The highest BCUT2D eigenvalue weighted by atomic mass is 19.1. The first-order valence-electron chi connectivity index (χ1n) is 5.10. The van der Waals surface area contributed by atoms with E-state index in [1.807, 2.05) is 0 Å². The van der Waals surface area contributed by atoms with Crippen molar-refractivity contribution in [2.75, 3.05) is 5.73 Å². The lowest BCUT2D eigenvalue weighted by molar-refractivity contribution is 0.422. The van der Waals surface area contributed by atoms with E-state index in [9.17, 15) is 4.39 Å². The average Bonchev–Trinajstić information content (AvgIpc) is 2.30. The number of nitrogens with zero attached hydrogens (tertiary/aromatic N) is 2. The van der Waals surface area contributed by atoms with Gasteiger partial charge in [-0.05, 0) is 25.5 Å². The van der Waals surface area contributed by atoms with E-state index >= 15 is 0 Å². The molecule has 1 aromatic carbocycles. The van der Waals surface area contributed by atoms with Gasteiger partial charge in [0.1, 0.15) is 0 Å². The third-order valence-corrected chi connectivity index (χ3v) is 2.31. The van der Waals surface area contributed by atoms with Crippen molar-refractivity contribution in [1.29, 1.82) is 0 Å². The van der Waals surface area contributed by atoms with Gasteiger partial charge in [0.2, 0.25) is 11.8 Å². The van der Waals surface area contributed by atoms with E-state index in [-0.39, 0.29) is 17.6 Å². The minimum absolute atomic E-state index is 0.0960. The van der Waals surface area contributed by atoms with E-state index in [0.717, 1.165) is 0 Å². The number of nitrogen functional groups attached to an aromatic ring is 1. The summed E-state index contributed by atoms with van der Waals surface area (Å²) in [7, 11) is 0. The molecule has 0 spiro atoms. The van der Waals surface area contributed by atoms with Gasteiger partial charge in [-0.3, -0.25) is 0 Å². The minimum Gasteiger partial charge on any atom is -0.435 e. The third-order valence-electron chi connectivity index (χ3n) is 2.31. The molecule has 5 heteroatoms. The standard InChI is InChI=1S/C12H12FN3O/c1-7-4-3-5-9(10(7)13)17-11-8(2)6-15-12(14)16-11/h3-6H,1-2H3,(H2,14,15,16). The Morgan fingerprint density at radius 2 is 2.00 bits per heavy atom. The maximum absolute atomic E-state index is 13.7. The highest BCUT2D eigenvalue weighted by Gasteiger charge is 2.10. The predicted octanol–water partition coefficient (Wildman–Crippen LogP) is 2.61. The molecule has 0 radical (unpaired) electrons. The number of hydrogen-bond donors (Lipinski definition) is 1. The Hall–Kier alpha value is -2.17. The fourth-order valence-electron chi connectivity index (χ4n) is 1.35. The van der Waals surface area contributed by atoms with Crippen LogP contribution >= 0.6 is 0 Å². The Labute approximate surface area is 98.3 Å². The molecule has 1 aromatic heterocycles. The molecule has 1 heterocycles. The van der Waals surface area contributed by atoms with Crippen molar-refractivity contribution in [3.05, 3.63) is 41.3 Å². The molecule has 0 bridgehead atoms. The fourth-order valence-corrected chi connectivity index (χ4v) is 1.35. The zero-order chi connectivity index (χ0) is 12.4. The summed E-state index contributed by atoms with van der Waals surface area (Å²) in [5, 5.41) is 0. The van der Waals surface area contributed by atoms with Crippen LogP contribution in [-0.2, 0) is 0 Å². The summed E-state index contributed by atoms with van der Waals surface area (Å²) in [6.07, 6.45) is 1.53. The number of aryl methyl sites for hydroxylation is 2. The lowest BCUT2D eigenvalue weighted by atomic mass is 10.2. The quantitative estimate of drug-likeness (QED) is 0.866. The fraction of sp³-hybridized carbons (Fsp3) is 0.167. The highest BCUT2D eigenvalue weighted by molar-refractivity contribution is 5.36. The van der Waals surface area contributed by atoms with Gasteiger partial charge >= 0.3 is 0 Å². The molecule has 0 fully saturated rings. The molecule has 2 rings (SSSR count). The number of ether oxygens (including phenoxy) is 1. The van der Waals surface area contributed by atoms with Gasteiger partial charge in [0.25, 0.3) is 0 Å². The molecular formula is C12H12FN3O. The molecule has 4 nitrogen and oxygen atoms in total. The van der Waals surface area contributed by atoms with Crippen molar-refractivity contribution in [2.45, 2.75) is 13.8 Å². The van der Waals surface area contributed by atoms with Gasteiger partial charge in [-0.25, -0.2) is 9.37 Å². The summed E-state index contributed by atoms with van der Waals surface area (Å²) in [6.45, 7) is 3.44. The minimum atomic E-state index is -0.399. The lowest BCUT2D eigenvalue weighted by Gasteiger charge is -2.09. The summed E-state index contributed by atoms with van der Waals surface area (Å²) in [5.74, 6) is 0.0935. The first kappa shape index (κ1) is 11.3. The average molecular weight is 233 g/mol. The molecule has 0 saturated carbocycles. The van der Waals surface area contributed by atoms with E-state index in [1.165, 1.54) is 6.20 Å². The Kier molecular flexibility index (Phi) is 2.91. The summed E-state index contributed by atoms with van der Waals surface area (Å²) >= 11 is 0. The topological polar surface area (TPSA) is 61.0 Å². The van der Waals surface area contributed by atoms with E-state index in [1.54, 1.807) is 32.0 Å². The van der Waals surface area contributed by atoms with E-state index in [0.29, 0.717) is 11.1 Å². The number of rotatable bonds is 2. The largest absolute Gasteiger partial charge is 0.435 e. The highest BCUT2D eigenvalue weighted by Crippen LogP contribution is 2.26. The van der Waals surface area contributed by atoms with Crippen molar-refractivity contribution in [1.82, 2.24) is 9.97 Å². The number of nitrogens with two attached hydrogens (primary N) is 1. The van der Waals surface area contributed by atoms with Crippen LogP contribution in [0.2, 0.25) is 0 Å². The van der Waals surface area contributed by atoms with Crippen LogP contribution in [0.5, 0.6) is 11.6 Å². The lowest BCUT2D eigenvalue weighted by Crippen LogP contribution is -2.00. The van der Waals surface area contributed by atoms with Crippen LogP contribution in [0.1, 0.15) is 11.1 Å². The maximum Gasteiger partial charge on any atom is 0.227 e. The van der Waals surface area contributed by atoms with Gasteiger partial charge in [-0.1, -0.05) is 12.1 Å². The van der Waals surface area contributed by atoms with Crippen LogP contribution in [0.25, 0.3) is 0 Å². The van der Waals surface area contributed by atoms with E-state index in [4.69, 9.17) is 10.5 Å². The summed E-state index contributed by atoms with van der Waals surface area (Å²) in [4.78, 5) is 7.73. The van der Waals surface area contributed by atoms with Crippen LogP contribution in [0.3, 0.4) is 0 Å². The van der Waals surface area contributed by atoms with E-state index in [2.05, 4.69) is 9.97 Å². The van der Waals surface area contributed by atoms with Crippen molar-refractivity contribution in [3.8, 4) is 11.6 Å². The summed E-state index contributed by atoms with van der Waals surface area (Å²) in [5.41, 5.74) is 6.66. The molecule has 0 aliphatic carbocycles. The Balaban J connectivity index is 2.38. The molecule has 2 N–H and O–H groups in total. The molecule has 2 aromatic rings. The second-order valence-corrected chi connectivity index (χ2v) is 3.71. The molecule has 88 valence electrons. The molecule has 0 amide bonds. The Morgan fingerprint density at radius 3 is 2.76 bits per heavy atom. The van der Waals surface area contributed by atoms with Crippen molar-refractivity contribution < 1.29 is 9.13 Å². The molecule has 0 atom stereocenters. The van der Waals surface area contributed by atoms with Crippen molar-refractivity contribution in [2.24, 2.45) is 0 Å². The molecular weight excluding hydrogens is 221 g/mol. The van der Waals surface area contributed by atoms with Crippen LogP contribution in [0, 0.1) is 19.7 Å². The molecule has 0 aliphatic rings. The molecule has 0 aliphatic heterocycles.